The van der Waals surface area contributed by atoms with Gasteiger partial charge < -0.3 is 14.0 Å². The monoisotopic (exact) mass is 414 g/mol. The summed E-state index contributed by atoms with van der Waals surface area (Å²) in [5.74, 6) is 2.80. The molecule has 0 atom stereocenters. The minimum absolute atomic E-state index is 0.442. The van der Waals surface area contributed by atoms with Gasteiger partial charge in [0.15, 0.2) is 0 Å². The van der Waals surface area contributed by atoms with E-state index in [2.05, 4.69) is 73.9 Å². The SMILES string of the molecule is CCc1ccc(OCc2nc3ccccc3n2CCCOc2c(C)cccc2C)cc1. The van der Waals surface area contributed by atoms with E-state index in [0.29, 0.717) is 13.2 Å². The minimum atomic E-state index is 0.442. The van der Waals surface area contributed by atoms with Crippen molar-refractivity contribution in [1.82, 2.24) is 9.55 Å². The first-order chi connectivity index (χ1) is 15.2. The molecule has 31 heavy (non-hydrogen) atoms. The lowest BCUT2D eigenvalue weighted by Crippen LogP contribution is -2.10. The number of nitrogens with zero attached hydrogens (tertiary/aromatic N) is 2. The van der Waals surface area contributed by atoms with Gasteiger partial charge in [-0.15, -0.1) is 0 Å². The van der Waals surface area contributed by atoms with Crippen LogP contribution in [-0.2, 0) is 19.6 Å². The Morgan fingerprint density at radius 1 is 0.839 bits per heavy atom. The summed E-state index contributed by atoms with van der Waals surface area (Å²) < 4.78 is 14.4. The molecule has 0 aliphatic rings. The molecule has 0 aliphatic carbocycles. The molecule has 160 valence electrons. The molecule has 0 saturated carbocycles. The highest BCUT2D eigenvalue weighted by Crippen LogP contribution is 2.23. The molecule has 0 bridgehead atoms. The van der Waals surface area contributed by atoms with Gasteiger partial charge in [0.05, 0.1) is 17.6 Å². The van der Waals surface area contributed by atoms with E-state index in [9.17, 15) is 0 Å². The molecule has 0 N–H and O–H groups in total. The summed E-state index contributed by atoms with van der Waals surface area (Å²) in [5, 5.41) is 0. The third-order valence-corrected chi connectivity index (χ3v) is 5.61. The molecule has 4 aromatic rings. The number of hydrogen-bond donors (Lipinski definition) is 0. The molecule has 3 aromatic carbocycles. The van der Waals surface area contributed by atoms with Crippen molar-refractivity contribution >= 4 is 11.0 Å². The second kappa shape index (κ2) is 9.69. The quantitative estimate of drug-likeness (QED) is 0.303. The van der Waals surface area contributed by atoms with Crippen molar-refractivity contribution < 1.29 is 9.47 Å². The van der Waals surface area contributed by atoms with Crippen molar-refractivity contribution in [3.8, 4) is 11.5 Å². The maximum Gasteiger partial charge on any atom is 0.147 e. The van der Waals surface area contributed by atoms with Gasteiger partial charge in [-0.2, -0.15) is 0 Å². The molecule has 0 spiro atoms. The normalized spacial score (nSPS) is 11.1. The zero-order chi connectivity index (χ0) is 21.6. The highest BCUT2D eigenvalue weighted by molar-refractivity contribution is 5.75. The third-order valence-electron chi connectivity index (χ3n) is 5.61. The topological polar surface area (TPSA) is 36.3 Å². The van der Waals surface area contributed by atoms with E-state index in [0.717, 1.165) is 47.7 Å². The van der Waals surface area contributed by atoms with Gasteiger partial charge in [0.2, 0.25) is 0 Å². The summed E-state index contributed by atoms with van der Waals surface area (Å²) in [6, 6.07) is 22.8. The van der Waals surface area contributed by atoms with Crippen LogP contribution in [0.2, 0.25) is 0 Å². The van der Waals surface area contributed by atoms with Gasteiger partial charge in [-0.3, -0.25) is 0 Å². The number of para-hydroxylation sites is 3. The predicted molar refractivity (Wildman–Crippen MR) is 126 cm³/mol. The number of hydrogen-bond acceptors (Lipinski definition) is 3. The number of benzene rings is 3. The van der Waals surface area contributed by atoms with Gasteiger partial charge in [-0.05, 0) is 67.6 Å². The lowest BCUT2D eigenvalue weighted by atomic mass is 10.1. The largest absolute Gasteiger partial charge is 0.493 e. The van der Waals surface area contributed by atoms with Crippen LogP contribution in [0.4, 0.5) is 0 Å². The molecule has 0 aliphatic heterocycles. The molecular formula is C27H30N2O2. The van der Waals surface area contributed by atoms with E-state index in [-0.39, 0.29) is 0 Å². The number of rotatable bonds is 9. The minimum Gasteiger partial charge on any atom is -0.493 e. The first kappa shape index (κ1) is 21.0. The Labute approximate surface area is 184 Å². The maximum absolute atomic E-state index is 6.10. The lowest BCUT2D eigenvalue weighted by molar-refractivity contribution is 0.279. The van der Waals surface area contributed by atoms with E-state index in [1.807, 2.05) is 18.2 Å². The number of aryl methyl sites for hydroxylation is 4. The molecule has 1 aromatic heterocycles. The molecule has 4 heteroatoms. The summed E-state index contributed by atoms with van der Waals surface area (Å²) in [7, 11) is 0. The van der Waals surface area contributed by atoms with Crippen LogP contribution in [0.1, 0.15) is 35.9 Å². The fraction of sp³-hybridized carbons (Fsp3) is 0.296. The van der Waals surface area contributed by atoms with Gasteiger partial charge in [-0.1, -0.05) is 49.4 Å². The van der Waals surface area contributed by atoms with Crippen LogP contribution in [-0.4, -0.2) is 16.2 Å². The summed E-state index contributed by atoms with van der Waals surface area (Å²) in [6.07, 6.45) is 1.92. The highest BCUT2D eigenvalue weighted by Gasteiger charge is 2.11. The Kier molecular flexibility index (Phi) is 6.56. The number of fused-ring (bicyclic) bond motifs is 1. The number of aromatic nitrogens is 2. The van der Waals surface area contributed by atoms with Crippen LogP contribution >= 0.6 is 0 Å². The van der Waals surface area contributed by atoms with Crippen LogP contribution < -0.4 is 9.47 Å². The third kappa shape index (κ3) is 4.91. The van der Waals surface area contributed by atoms with Gasteiger partial charge in [0, 0.05) is 6.54 Å². The molecule has 1 heterocycles. The van der Waals surface area contributed by atoms with Crippen LogP contribution in [0.25, 0.3) is 11.0 Å². The van der Waals surface area contributed by atoms with Gasteiger partial charge in [-0.25, -0.2) is 4.98 Å². The summed E-state index contributed by atoms with van der Waals surface area (Å²) in [6.45, 7) is 8.28. The first-order valence-electron chi connectivity index (χ1n) is 11.0. The summed E-state index contributed by atoms with van der Waals surface area (Å²) in [5.41, 5.74) is 5.80. The lowest BCUT2D eigenvalue weighted by Gasteiger charge is -2.14. The smallest absolute Gasteiger partial charge is 0.147 e. The van der Waals surface area contributed by atoms with Crippen molar-refractivity contribution in [3.05, 3.63) is 89.2 Å². The second-order valence-electron chi connectivity index (χ2n) is 7.88. The molecule has 0 amide bonds. The van der Waals surface area contributed by atoms with E-state index < -0.39 is 0 Å². The summed E-state index contributed by atoms with van der Waals surface area (Å²) in [4.78, 5) is 4.82. The summed E-state index contributed by atoms with van der Waals surface area (Å²) >= 11 is 0. The van der Waals surface area contributed by atoms with Crippen LogP contribution in [0.5, 0.6) is 11.5 Å². The molecule has 4 rings (SSSR count). The van der Waals surface area contributed by atoms with Crippen molar-refractivity contribution in [2.24, 2.45) is 0 Å². The van der Waals surface area contributed by atoms with E-state index in [1.54, 1.807) is 0 Å². The average Bonchev–Trinajstić information content (AvgIpc) is 3.14. The zero-order valence-electron chi connectivity index (χ0n) is 18.6. The van der Waals surface area contributed by atoms with Crippen molar-refractivity contribution in [2.45, 2.75) is 46.8 Å². The second-order valence-corrected chi connectivity index (χ2v) is 7.88. The van der Waals surface area contributed by atoms with Gasteiger partial charge >= 0.3 is 0 Å². The predicted octanol–water partition coefficient (Wildman–Crippen LogP) is 6.26. The van der Waals surface area contributed by atoms with E-state index in [1.165, 1.54) is 16.7 Å². The van der Waals surface area contributed by atoms with Crippen LogP contribution in [0.3, 0.4) is 0 Å². The number of ether oxygens (including phenoxy) is 2. The van der Waals surface area contributed by atoms with Crippen LogP contribution in [0, 0.1) is 13.8 Å². The zero-order valence-corrected chi connectivity index (χ0v) is 18.6. The Bertz CT molecular complexity index is 1130. The molecule has 0 unspecified atom stereocenters. The molecule has 0 saturated heterocycles. The Morgan fingerprint density at radius 2 is 1.58 bits per heavy atom. The van der Waals surface area contributed by atoms with Gasteiger partial charge in [0.1, 0.15) is 23.9 Å². The van der Waals surface area contributed by atoms with Gasteiger partial charge in [0.25, 0.3) is 0 Å². The van der Waals surface area contributed by atoms with Crippen molar-refractivity contribution in [2.75, 3.05) is 6.61 Å². The molecular weight excluding hydrogens is 384 g/mol. The fourth-order valence-corrected chi connectivity index (χ4v) is 3.88. The fourth-order valence-electron chi connectivity index (χ4n) is 3.88. The molecule has 4 nitrogen and oxygen atoms in total. The first-order valence-corrected chi connectivity index (χ1v) is 11.0. The van der Waals surface area contributed by atoms with Crippen molar-refractivity contribution in [3.63, 3.8) is 0 Å². The Hall–Kier alpha value is -3.27. The average molecular weight is 415 g/mol. The Balaban J connectivity index is 1.44. The highest BCUT2D eigenvalue weighted by atomic mass is 16.5. The Morgan fingerprint density at radius 3 is 2.32 bits per heavy atom. The van der Waals surface area contributed by atoms with Crippen molar-refractivity contribution in [1.29, 1.82) is 0 Å². The molecule has 0 radical (unpaired) electrons. The maximum atomic E-state index is 6.10. The number of imidazole rings is 1. The van der Waals surface area contributed by atoms with E-state index in [4.69, 9.17) is 14.5 Å². The van der Waals surface area contributed by atoms with Crippen LogP contribution in [0.15, 0.2) is 66.7 Å². The standard InChI is InChI=1S/C27H30N2O2/c1-4-22-13-15-23(16-14-22)31-19-26-28-24-11-5-6-12-25(24)29(26)17-8-18-30-27-20(2)9-7-10-21(27)3/h5-7,9-16H,4,8,17-19H2,1-3H3. The van der Waals surface area contributed by atoms with E-state index >= 15 is 0 Å². The molecule has 0 fully saturated rings.